The van der Waals surface area contributed by atoms with Gasteiger partial charge in [-0.05, 0) is 24.4 Å². The summed E-state index contributed by atoms with van der Waals surface area (Å²) >= 11 is 4.97. The lowest BCUT2D eigenvalue weighted by Crippen LogP contribution is -2.01. The summed E-state index contributed by atoms with van der Waals surface area (Å²) < 4.78 is 20.0. The molecule has 0 saturated carbocycles. The van der Waals surface area contributed by atoms with Crippen LogP contribution in [0.2, 0.25) is 0 Å². The van der Waals surface area contributed by atoms with Crippen LogP contribution in [0.15, 0.2) is 18.2 Å². The van der Waals surface area contributed by atoms with Gasteiger partial charge < -0.3 is 10.5 Å². The van der Waals surface area contributed by atoms with Crippen molar-refractivity contribution in [1.82, 2.24) is 14.8 Å². The minimum Gasteiger partial charge on any atom is -0.494 e. The number of anilines is 1. The summed E-state index contributed by atoms with van der Waals surface area (Å²) in [5.74, 6) is -0.144. The highest BCUT2D eigenvalue weighted by molar-refractivity contribution is 7.71. The minimum atomic E-state index is -0.484. The molecular formula is C9H9FN4OS. The highest BCUT2D eigenvalue weighted by Gasteiger charge is 2.08. The number of H-pyrrole nitrogens is 1. The number of nitrogens with zero attached hydrogens (tertiary/aromatic N) is 2. The van der Waals surface area contributed by atoms with E-state index in [-0.39, 0.29) is 11.7 Å². The smallest absolute Gasteiger partial charge is 0.225 e. The van der Waals surface area contributed by atoms with Gasteiger partial charge in [0.05, 0.1) is 12.8 Å². The van der Waals surface area contributed by atoms with E-state index in [9.17, 15) is 4.39 Å². The molecule has 0 bridgehead atoms. The Bertz CT molecular complexity index is 577. The average molecular weight is 240 g/mol. The molecule has 0 aliphatic carbocycles. The molecule has 0 fully saturated rings. The lowest BCUT2D eigenvalue weighted by Gasteiger charge is -2.06. The molecular weight excluding hydrogens is 231 g/mol. The Balaban J connectivity index is 2.58. The maximum Gasteiger partial charge on any atom is 0.225 e. The Morgan fingerprint density at radius 2 is 2.31 bits per heavy atom. The molecule has 0 saturated heterocycles. The number of aromatic amines is 1. The van der Waals surface area contributed by atoms with Crippen molar-refractivity contribution in [2.45, 2.75) is 0 Å². The second-order valence-electron chi connectivity index (χ2n) is 3.04. The van der Waals surface area contributed by atoms with Crippen LogP contribution in [0.25, 0.3) is 5.69 Å². The zero-order valence-corrected chi connectivity index (χ0v) is 9.21. The molecule has 0 amide bonds. The number of aromatic nitrogens is 3. The van der Waals surface area contributed by atoms with Gasteiger partial charge in [0, 0.05) is 6.07 Å². The first-order valence-corrected chi connectivity index (χ1v) is 4.81. The van der Waals surface area contributed by atoms with E-state index in [2.05, 4.69) is 10.2 Å². The number of rotatable bonds is 2. The summed E-state index contributed by atoms with van der Waals surface area (Å²) in [6.07, 6.45) is 0. The average Bonchev–Trinajstić information content (AvgIpc) is 2.58. The third-order valence-corrected chi connectivity index (χ3v) is 2.37. The van der Waals surface area contributed by atoms with Crippen molar-refractivity contribution in [2.24, 2.45) is 0 Å². The predicted molar refractivity (Wildman–Crippen MR) is 59.7 cm³/mol. The van der Waals surface area contributed by atoms with Gasteiger partial charge in [-0.2, -0.15) is 0 Å². The van der Waals surface area contributed by atoms with Crippen LogP contribution >= 0.6 is 12.2 Å². The molecule has 1 heterocycles. The second-order valence-corrected chi connectivity index (χ2v) is 3.43. The van der Waals surface area contributed by atoms with Crippen molar-refractivity contribution in [3.05, 3.63) is 28.8 Å². The summed E-state index contributed by atoms with van der Waals surface area (Å²) in [6, 6.07) is 4.42. The van der Waals surface area contributed by atoms with Gasteiger partial charge in [0.2, 0.25) is 10.7 Å². The Labute approximate surface area is 95.7 Å². The monoisotopic (exact) mass is 240 g/mol. The van der Waals surface area contributed by atoms with Crippen molar-refractivity contribution in [3.63, 3.8) is 0 Å². The summed E-state index contributed by atoms with van der Waals surface area (Å²) in [7, 11) is 1.40. The van der Waals surface area contributed by atoms with Crippen LogP contribution in [0, 0.1) is 10.6 Å². The molecule has 1 aromatic carbocycles. The number of halogens is 1. The molecule has 0 atom stereocenters. The van der Waals surface area contributed by atoms with E-state index in [1.54, 1.807) is 6.07 Å². The summed E-state index contributed by atoms with van der Waals surface area (Å²) in [6.45, 7) is 0. The fourth-order valence-electron chi connectivity index (χ4n) is 1.35. The molecule has 0 radical (unpaired) electrons. The number of hydrogen-bond donors (Lipinski definition) is 2. The molecule has 7 heteroatoms. The predicted octanol–water partition coefficient (Wildman–Crippen LogP) is 1.66. The van der Waals surface area contributed by atoms with E-state index in [0.29, 0.717) is 10.5 Å². The molecule has 3 N–H and O–H groups in total. The fourth-order valence-corrected chi connectivity index (χ4v) is 1.60. The summed E-state index contributed by atoms with van der Waals surface area (Å²) in [4.78, 5) is 0. The Morgan fingerprint density at radius 1 is 1.56 bits per heavy atom. The number of ether oxygens (including phenoxy) is 1. The van der Waals surface area contributed by atoms with Crippen LogP contribution < -0.4 is 10.5 Å². The van der Waals surface area contributed by atoms with Gasteiger partial charge in [0.15, 0.2) is 11.6 Å². The molecule has 84 valence electrons. The van der Waals surface area contributed by atoms with Gasteiger partial charge in [-0.1, -0.05) is 0 Å². The van der Waals surface area contributed by atoms with Crippen molar-refractivity contribution in [3.8, 4) is 11.4 Å². The number of nitrogens with two attached hydrogens (primary N) is 1. The van der Waals surface area contributed by atoms with Crippen LogP contribution in [-0.4, -0.2) is 21.9 Å². The molecule has 0 aliphatic rings. The Morgan fingerprint density at radius 3 is 2.81 bits per heavy atom. The number of methoxy groups -OCH3 is 1. The van der Waals surface area contributed by atoms with E-state index in [1.165, 1.54) is 23.8 Å². The van der Waals surface area contributed by atoms with Gasteiger partial charge in [-0.3, -0.25) is 4.57 Å². The molecule has 5 nitrogen and oxygen atoms in total. The molecule has 2 aromatic rings. The number of nitrogens with one attached hydrogen (secondary N) is 1. The lowest BCUT2D eigenvalue weighted by molar-refractivity contribution is 0.386. The molecule has 0 aliphatic heterocycles. The zero-order valence-electron chi connectivity index (χ0n) is 8.40. The topological polar surface area (TPSA) is 68.9 Å². The molecule has 0 unspecified atom stereocenters. The quantitative estimate of drug-likeness (QED) is 0.783. The van der Waals surface area contributed by atoms with E-state index in [0.717, 1.165) is 0 Å². The van der Waals surface area contributed by atoms with Crippen molar-refractivity contribution in [2.75, 3.05) is 12.8 Å². The first kappa shape index (κ1) is 10.6. The Kier molecular flexibility index (Phi) is 2.61. The zero-order chi connectivity index (χ0) is 11.7. The van der Waals surface area contributed by atoms with E-state index in [4.69, 9.17) is 22.7 Å². The SMILES string of the molecule is COc1ccc(-n2c(N)n[nH]c2=S)cc1F. The highest BCUT2D eigenvalue weighted by Crippen LogP contribution is 2.21. The normalized spacial score (nSPS) is 10.4. The summed E-state index contributed by atoms with van der Waals surface area (Å²) in [5, 5.41) is 6.26. The molecule has 1 aromatic heterocycles. The summed E-state index contributed by atoms with van der Waals surface area (Å²) in [5.41, 5.74) is 6.09. The largest absolute Gasteiger partial charge is 0.494 e. The number of benzene rings is 1. The van der Waals surface area contributed by atoms with Crippen LogP contribution in [0.1, 0.15) is 0 Å². The van der Waals surface area contributed by atoms with Gasteiger partial charge in [0.25, 0.3) is 0 Å². The van der Waals surface area contributed by atoms with Crippen LogP contribution in [0.3, 0.4) is 0 Å². The molecule has 16 heavy (non-hydrogen) atoms. The van der Waals surface area contributed by atoms with E-state index < -0.39 is 5.82 Å². The number of nitrogen functional groups attached to an aromatic ring is 1. The molecule has 2 rings (SSSR count). The second kappa shape index (κ2) is 3.93. The van der Waals surface area contributed by atoms with Gasteiger partial charge in [-0.25, -0.2) is 9.49 Å². The van der Waals surface area contributed by atoms with E-state index in [1.807, 2.05) is 0 Å². The lowest BCUT2D eigenvalue weighted by atomic mass is 10.3. The third kappa shape index (κ3) is 1.65. The minimum absolute atomic E-state index is 0.164. The van der Waals surface area contributed by atoms with Crippen molar-refractivity contribution < 1.29 is 9.13 Å². The van der Waals surface area contributed by atoms with Crippen molar-refractivity contribution in [1.29, 1.82) is 0 Å². The highest BCUT2D eigenvalue weighted by atomic mass is 32.1. The number of hydrogen-bond acceptors (Lipinski definition) is 4. The first-order valence-electron chi connectivity index (χ1n) is 4.40. The fraction of sp³-hybridized carbons (Fsp3) is 0.111. The first-order chi connectivity index (χ1) is 7.63. The van der Waals surface area contributed by atoms with Crippen molar-refractivity contribution >= 4 is 18.2 Å². The van der Waals surface area contributed by atoms with Gasteiger partial charge in [0.1, 0.15) is 0 Å². The van der Waals surface area contributed by atoms with E-state index >= 15 is 0 Å². The van der Waals surface area contributed by atoms with Gasteiger partial charge >= 0.3 is 0 Å². The van der Waals surface area contributed by atoms with Crippen LogP contribution in [0.4, 0.5) is 10.3 Å². The maximum absolute atomic E-state index is 13.5. The standard InChI is InChI=1S/C9H9FN4OS/c1-15-7-3-2-5(4-6(7)10)14-8(11)12-13-9(14)16/h2-4H,1H3,(H2,11,12)(H,13,16). The van der Waals surface area contributed by atoms with Gasteiger partial charge in [-0.15, -0.1) is 5.10 Å². The van der Waals surface area contributed by atoms with Crippen LogP contribution in [0.5, 0.6) is 5.75 Å². The maximum atomic E-state index is 13.5. The van der Waals surface area contributed by atoms with Crippen LogP contribution in [-0.2, 0) is 0 Å². The Hall–Kier alpha value is -1.89. The molecule has 0 spiro atoms. The third-order valence-electron chi connectivity index (χ3n) is 2.09.